The lowest BCUT2D eigenvalue weighted by Gasteiger charge is -2.11. The summed E-state index contributed by atoms with van der Waals surface area (Å²) in [7, 11) is 1.62. The first-order valence-electron chi connectivity index (χ1n) is 5.99. The Kier molecular flexibility index (Phi) is 3.67. The van der Waals surface area contributed by atoms with Gasteiger partial charge in [0.15, 0.2) is 0 Å². The zero-order valence-corrected chi connectivity index (χ0v) is 10.9. The van der Waals surface area contributed by atoms with Crippen LogP contribution in [0.2, 0.25) is 0 Å². The summed E-state index contributed by atoms with van der Waals surface area (Å²) in [5, 5.41) is 3.92. The van der Waals surface area contributed by atoms with E-state index in [-0.39, 0.29) is 11.9 Å². The Morgan fingerprint density at radius 3 is 2.94 bits per heavy atom. The third-order valence-electron chi connectivity index (χ3n) is 2.82. The summed E-state index contributed by atoms with van der Waals surface area (Å²) >= 11 is 0. The number of aryl methyl sites for hydroxylation is 1. The number of nitrogens with one attached hydrogen (secondary N) is 2. The van der Waals surface area contributed by atoms with Crippen molar-refractivity contribution in [3.63, 3.8) is 0 Å². The molecule has 1 amide bonds. The predicted molar refractivity (Wildman–Crippen MR) is 71.8 cm³/mol. The lowest BCUT2D eigenvalue weighted by atomic mass is 10.2. The first-order valence-corrected chi connectivity index (χ1v) is 5.99. The van der Waals surface area contributed by atoms with Crippen molar-refractivity contribution >= 4 is 16.8 Å². The van der Waals surface area contributed by atoms with E-state index in [1.165, 1.54) is 5.56 Å². The number of benzene rings is 1. The van der Waals surface area contributed by atoms with E-state index in [2.05, 4.69) is 10.3 Å². The molecule has 1 heterocycles. The zero-order valence-electron chi connectivity index (χ0n) is 10.9. The molecule has 1 atom stereocenters. The van der Waals surface area contributed by atoms with E-state index < -0.39 is 0 Å². The molecule has 0 bridgehead atoms. The van der Waals surface area contributed by atoms with Gasteiger partial charge in [0.2, 0.25) is 0 Å². The molecule has 1 aromatic carbocycles. The summed E-state index contributed by atoms with van der Waals surface area (Å²) < 4.78 is 4.99. The van der Waals surface area contributed by atoms with Gasteiger partial charge < -0.3 is 15.0 Å². The van der Waals surface area contributed by atoms with Crippen molar-refractivity contribution in [1.29, 1.82) is 0 Å². The second-order valence-corrected chi connectivity index (χ2v) is 4.60. The number of hydrogen-bond acceptors (Lipinski definition) is 2. The quantitative estimate of drug-likeness (QED) is 0.869. The molecule has 0 aliphatic rings. The molecule has 18 heavy (non-hydrogen) atoms. The van der Waals surface area contributed by atoms with Crippen LogP contribution in [-0.2, 0) is 4.74 Å². The molecule has 0 aliphatic carbocycles. The Balaban J connectivity index is 2.18. The average molecular weight is 246 g/mol. The lowest BCUT2D eigenvalue weighted by Crippen LogP contribution is -2.35. The maximum absolute atomic E-state index is 12.0. The molecule has 0 aliphatic heterocycles. The Morgan fingerprint density at radius 1 is 1.44 bits per heavy atom. The van der Waals surface area contributed by atoms with Crippen molar-refractivity contribution in [3.8, 4) is 0 Å². The third-order valence-corrected chi connectivity index (χ3v) is 2.82. The standard InChI is InChI=1S/C14H18N2O2/c1-9-4-5-11-7-13(16-12(11)6-9)14(17)15-10(2)8-18-3/h4-7,10,16H,8H2,1-3H3,(H,15,17). The van der Waals surface area contributed by atoms with Gasteiger partial charge in [0.1, 0.15) is 5.69 Å². The van der Waals surface area contributed by atoms with Crippen LogP contribution in [-0.4, -0.2) is 30.6 Å². The fourth-order valence-electron chi connectivity index (χ4n) is 1.96. The van der Waals surface area contributed by atoms with E-state index in [4.69, 9.17) is 4.74 Å². The van der Waals surface area contributed by atoms with Crippen LogP contribution in [0.3, 0.4) is 0 Å². The van der Waals surface area contributed by atoms with Crippen molar-refractivity contribution in [2.75, 3.05) is 13.7 Å². The van der Waals surface area contributed by atoms with Crippen LogP contribution in [0.4, 0.5) is 0 Å². The van der Waals surface area contributed by atoms with Crippen LogP contribution in [0.25, 0.3) is 10.9 Å². The van der Waals surface area contributed by atoms with Gasteiger partial charge in [0.25, 0.3) is 5.91 Å². The number of amides is 1. The number of carbonyl (C=O) groups is 1. The number of carbonyl (C=O) groups excluding carboxylic acids is 1. The molecule has 2 N–H and O–H groups in total. The fraction of sp³-hybridized carbons (Fsp3) is 0.357. The van der Waals surface area contributed by atoms with Gasteiger partial charge in [-0.3, -0.25) is 4.79 Å². The minimum absolute atomic E-state index is 0.00403. The number of aromatic amines is 1. The number of rotatable bonds is 4. The first kappa shape index (κ1) is 12.6. The molecule has 4 nitrogen and oxygen atoms in total. The SMILES string of the molecule is COCC(C)NC(=O)c1cc2ccc(C)cc2[nH]1. The van der Waals surface area contributed by atoms with Crippen LogP contribution < -0.4 is 5.32 Å². The molecule has 0 fully saturated rings. The third kappa shape index (κ3) is 2.71. The molecule has 0 saturated heterocycles. The molecule has 4 heteroatoms. The number of hydrogen-bond donors (Lipinski definition) is 2. The van der Waals surface area contributed by atoms with Crippen LogP contribution in [0.15, 0.2) is 24.3 Å². The highest BCUT2D eigenvalue weighted by molar-refractivity contribution is 5.98. The summed E-state index contributed by atoms with van der Waals surface area (Å²) in [5.74, 6) is -0.103. The van der Waals surface area contributed by atoms with Crippen molar-refractivity contribution in [2.45, 2.75) is 19.9 Å². The van der Waals surface area contributed by atoms with E-state index in [1.54, 1.807) is 7.11 Å². The average Bonchev–Trinajstić information content (AvgIpc) is 2.72. The highest BCUT2D eigenvalue weighted by Crippen LogP contribution is 2.16. The van der Waals surface area contributed by atoms with Gasteiger partial charge in [-0.15, -0.1) is 0 Å². The van der Waals surface area contributed by atoms with Gasteiger partial charge in [0, 0.05) is 24.1 Å². The zero-order chi connectivity index (χ0) is 13.1. The van der Waals surface area contributed by atoms with E-state index in [0.29, 0.717) is 12.3 Å². The molecule has 0 spiro atoms. The lowest BCUT2D eigenvalue weighted by molar-refractivity contribution is 0.0901. The molecule has 1 aromatic heterocycles. The molecule has 0 radical (unpaired) electrons. The fourth-order valence-corrected chi connectivity index (χ4v) is 1.96. The monoisotopic (exact) mass is 246 g/mol. The van der Waals surface area contributed by atoms with Crippen molar-refractivity contribution in [2.24, 2.45) is 0 Å². The Bertz CT molecular complexity index is 560. The van der Waals surface area contributed by atoms with Crippen LogP contribution >= 0.6 is 0 Å². The van der Waals surface area contributed by atoms with Crippen LogP contribution in [0.5, 0.6) is 0 Å². The van der Waals surface area contributed by atoms with Gasteiger partial charge in [-0.05, 0) is 31.5 Å². The number of H-pyrrole nitrogens is 1. The first-order chi connectivity index (χ1) is 8.60. The molecule has 2 aromatic rings. The van der Waals surface area contributed by atoms with Gasteiger partial charge in [-0.25, -0.2) is 0 Å². The highest BCUT2D eigenvalue weighted by atomic mass is 16.5. The van der Waals surface area contributed by atoms with Crippen molar-refractivity contribution in [1.82, 2.24) is 10.3 Å². The van der Waals surface area contributed by atoms with Crippen molar-refractivity contribution in [3.05, 3.63) is 35.5 Å². The van der Waals surface area contributed by atoms with E-state index in [1.807, 2.05) is 38.1 Å². The molecule has 2 rings (SSSR count). The number of methoxy groups -OCH3 is 1. The molecular formula is C14H18N2O2. The summed E-state index contributed by atoms with van der Waals surface area (Å²) in [6, 6.07) is 7.94. The normalized spacial score (nSPS) is 12.6. The molecule has 96 valence electrons. The van der Waals surface area contributed by atoms with Crippen LogP contribution in [0.1, 0.15) is 23.0 Å². The second kappa shape index (κ2) is 5.23. The van der Waals surface area contributed by atoms with Gasteiger partial charge >= 0.3 is 0 Å². The van der Waals surface area contributed by atoms with E-state index >= 15 is 0 Å². The maximum Gasteiger partial charge on any atom is 0.268 e. The largest absolute Gasteiger partial charge is 0.383 e. The molecular weight excluding hydrogens is 228 g/mol. The summed E-state index contributed by atoms with van der Waals surface area (Å²) in [4.78, 5) is 15.1. The summed E-state index contributed by atoms with van der Waals surface area (Å²) in [6.07, 6.45) is 0. The van der Waals surface area contributed by atoms with Gasteiger partial charge in [0.05, 0.1) is 6.61 Å². The summed E-state index contributed by atoms with van der Waals surface area (Å²) in [6.45, 7) is 4.44. The van der Waals surface area contributed by atoms with Crippen LogP contribution in [0, 0.1) is 6.92 Å². The minimum atomic E-state index is -0.103. The Hall–Kier alpha value is -1.81. The van der Waals surface area contributed by atoms with Gasteiger partial charge in [-0.2, -0.15) is 0 Å². The smallest absolute Gasteiger partial charge is 0.268 e. The maximum atomic E-state index is 12.0. The van der Waals surface area contributed by atoms with E-state index in [0.717, 1.165) is 10.9 Å². The second-order valence-electron chi connectivity index (χ2n) is 4.60. The Morgan fingerprint density at radius 2 is 2.22 bits per heavy atom. The predicted octanol–water partition coefficient (Wildman–Crippen LogP) is 2.24. The molecule has 0 saturated carbocycles. The number of aromatic nitrogens is 1. The number of fused-ring (bicyclic) bond motifs is 1. The van der Waals surface area contributed by atoms with Gasteiger partial charge in [-0.1, -0.05) is 12.1 Å². The van der Waals surface area contributed by atoms with E-state index in [9.17, 15) is 4.79 Å². The summed E-state index contributed by atoms with van der Waals surface area (Å²) in [5.41, 5.74) is 2.74. The Labute approximate surface area is 106 Å². The molecule has 1 unspecified atom stereocenters. The number of ether oxygens (including phenoxy) is 1. The highest BCUT2D eigenvalue weighted by Gasteiger charge is 2.12. The minimum Gasteiger partial charge on any atom is -0.383 e. The van der Waals surface area contributed by atoms with Crippen molar-refractivity contribution < 1.29 is 9.53 Å². The topological polar surface area (TPSA) is 54.1 Å².